The predicted octanol–water partition coefficient (Wildman–Crippen LogP) is 2.62. The highest BCUT2D eigenvalue weighted by molar-refractivity contribution is 7.98. The minimum atomic E-state index is 0.666. The van der Waals surface area contributed by atoms with Crippen LogP contribution in [0.3, 0.4) is 0 Å². The van der Waals surface area contributed by atoms with Crippen molar-refractivity contribution in [2.45, 2.75) is 24.3 Å². The van der Waals surface area contributed by atoms with Crippen molar-refractivity contribution in [1.29, 1.82) is 0 Å². The molecule has 1 aromatic carbocycles. The Kier molecular flexibility index (Phi) is 2.61. The molecule has 1 heterocycles. The van der Waals surface area contributed by atoms with Crippen LogP contribution in [0.25, 0.3) is 0 Å². The van der Waals surface area contributed by atoms with Gasteiger partial charge in [-0.3, -0.25) is 0 Å². The molecule has 0 saturated heterocycles. The molecule has 1 unspecified atom stereocenters. The van der Waals surface area contributed by atoms with Gasteiger partial charge in [0, 0.05) is 18.0 Å². The number of benzene rings is 1. The fourth-order valence-electron chi connectivity index (χ4n) is 1.88. The van der Waals surface area contributed by atoms with Crippen molar-refractivity contribution in [2.75, 3.05) is 12.8 Å². The third kappa shape index (κ3) is 1.74. The lowest BCUT2D eigenvalue weighted by Crippen LogP contribution is -2.26. The predicted molar refractivity (Wildman–Crippen MR) is 58.3 cm³/mol. The quantitative estimate of drug-likeness (QED) is 0.688. The van der Waals surface area contributed by atoms with Crippen LogP contribution in [-0.4, -0.2) is 12.8 Å². The molecule has 0 amide bonds. The Morgan fingerprint density at radius 3 is 3.08 bits per heavy atom. The van der Waals surface area contributed by atoms with E-state index in [2.05, 4.69) is 36.7 Å². The fraction of sp³-hybridized carbons (Fsp3) is 0.455. The summed E-state index contributed by atoms with van der Waals surface area (Å²) in [5.74, 6) is 0.666. The smallest absolute Gasteiger partial charge is 0.0208 e. The second-order valence-electron chi connectivity index (χ2n) is 3.60. The van der Waals surface area contributed by atoms with E-state index >= 15 is 0 Å². The summed E-state index contributed by atoms with van der Waals surface area (Å²) in [6.07, 6.45) is 2.13. The Morgan fingerprint density at radius 2 is 2.31 bits per heavy atom. The third-order valence-electron chi connectivity index (χ3n) is 2.65. The monoisotopic (exact) mass is 193 g/mol. The van der Waals surface area contributed by atoms with E-state index in [1.807, 2.05) is 11.8 Å². The largest absolute Gasteiger partial charge is 0.312 e. The normalized spacial score (nSPS) is 21.2. The number of hydrogen-bond donors (Lipinski definition) is 1. The van der Waals surface area contributed by atoms with Gasteiger partial charge in [-0.05, 0) is 35.4 Å². The van der Waals surface area contributed by atoms with Crippen LogP contribution in [0.1, 0.15) is 24.0 Å². The summed E-state index contributed by atoms with van der Waals surface area (Å²) in [4.78, 5) is 1.37. The molecule has 1 N–H and O–H groups in total. The van der Waals surface area contributed by atoms with Crippen LogP contribution in [0.2, 0.25) is 0 Å². The standard InChI is InChI=1S/C11H15NS/c1-8-6-12-7-9-5-10(13-2)3-4-11(8)9/h3-5,8,12H,6-7H2,1-2H3. The van der Waals surface area contributed by atoms with E-state index in [0.717, 1.165) is 13.1 Å². The minimum Gasteiger partial charge on any atom is -0.312 e. The van der Waals surface area contributed by atoms with Gasteiger partial charge < -0.3 is 5.32 Å². The van der Waals surface area contributed by atoms with E-state index in [-0.39, 0.29) is 0 Å². The highest BCUT2D eigenvalue weighted by atomic mass is 32.2. The summed E-state index contributed by atoms with van der Waals surface area (Å²) in [5.41, 5.74) is 3.00. The van der Waals surface area contributed by atoms with Crippen molar-refractivity contribution in [2.24, 2.45) is 0 Å². The van der Waals surface area contributed by atoms with Crippen LogP contribution in [0.5, 0.6) is 0 Å². The first-order valence-corrected chi connectivity index (χ1v) is 5.91. The van der Waals surface area contributed by atoms with Crippen LogP contribution in [-0.2, 0) is 6.54 Å². The van der Waals surface area contributed by atoms with E-state index in [4.69, 9.17) is 0 Å². The molecule has 0 fully saturated rings. The molecule has 1 aromatic rings. The first kappa shape index (κ1) is 9.10. The Labute approximate surface area is 83.9 Å². The van der Waals surface area contributed by atoms with Crippen molar-refractivity contribution < 1.29 is 0 Å². The Morgan fingerprint density at radius 1 is 1.46 bits per heavy atom. The molecule has 2 rings (SSSR count). The highest BCUT2D eigenvalue weighted by Gasteiger charge is 2.15. The molecular formula is C11H15NS. The van der Waals surface area contributed by atoms with Crippen LogP contribution in [0, 0.1) is 0 Å². The summed E-state index contributed by atoms with van der Waals surface area (Å²) in [6, 6.07) is 6.82. The molecule has 1 atom stereocenters. The lowest BCUT2D eigenvalue weighted by molar-refractivity contribution is 0.570. The topological polar surface area (TPSA) is 12.0 Å². The number of rotatable bonds is 1. The molecule has 0 aliphatic carbocycles. The SMILES string of the molecule is CSc1ccc2c(c1)CNCC2C. The molecule has 0 bridgehead atoms. The molecule has 1 nitrogen and oxygen atoms in total. The van der Waals surface area contributed by atoms with E-state index in [1.54, 1.807) is 0 Å². The van der Waals surface area contributed by atoms with Crippen LogP contribution in [0.4, 0.5) is 0 Å². The number of thioether (sulfide) groups is 1. The summed E-state index contributed by atoms with van der Waals surface area (Å²) in [6.45, 7) is 4.43. The average molecular weight is 193 g/mol. The maximum Gasteiger partial charge on any atom is 0.0208 e. The summed E-state index contributed by atoms with van der Waals surface area (Å²) >= 11 is 1.82. The van der Waals surface area contributed by atoms with Gasteiger partial charge in [-0.2, -0.15) is 0 Å². The third-order valence-corrected chi connectivity index (χ3v) is 3.37. The van der Waals surface area contributed by atoms with Gasteiger partial charge in [0.2, 0.25) is 0 Å². The molecule has 0 spiro atoms. The van der Waals surface area contributed by atoms with Crippen LogP contribution in [0.15, 0.2) is 23.1 Å². The molecule has 0 aromatic heterocycles. The number of nitrogens with one attached hydrogen (secondary N) is 1. The Balaban J connectivity index is 2.39. The molecular weight excluding hydrogens is 178 g/mol. The van der Waals surface area contributed by atoms with Gasteiger partial charge in [0.1, 0.15) is 0 Å². The minimum absolute atomic E-state index is 0.666. The summed E-state index contributed by atoms with van der Waals surface area (Å²) < 4.78 is 0. The van der Waals surface area contributed by atoms with E-state index < -0.39 is 0 Å². The molecule has 70 valence electrons. The lowest BCUT2D eigenvalue weighted by atomic mass is 9.92. The number of hydrogen-bond acceptors (Lipinski definition) is 2. The van der Waals surface area contributed by atoms with Crippen molar-refractivity contribution in [3.8, 4) is 0 Å². The molecule has 1 aliphatic rings. The van der Waals surface area contributed by atoms with E-state index in [0.29, 0.717) is 5.92 Å². The zero-order chi connectivity index (χ0) is 9.26. The second-order valence-corrected chi connectivity index (χ2v) is 4.48. The van der Waals surface area contributed by atoms with Gasteiger partial charge in [-0.15, -0.1) is 11.8 Å². The Hall–Kier alpha value is -0.470. The lowest BCUT2D eigenvalue weighted by Gasteiger charge is -2.23. The fourth-order valence-corrected chi connectivity index (χ4v) is 2.34. The van der Waals surface area contributed by atoms with Gasteiger partial charge in [0.15, 0.2) is 0 Å². The van der Waals surface area contributed by atoms with Crippen molar-refractivity contribution in [3.05, 3.63) is 29.3 Å². The van der Waals surface area contributed by atoms with Gasteiger partial charge >= 0.3 is 0 Å². The van der Waals surface area contributed by atoms with E-state index in [1.165, 1.54) is 16.0 Å². The molecule has 13 heavy (non-hydrogen) atoms. The molecule has 2 heteroatoms. The molecule has 0 saturated carbocycles. The zero-order valence-corrected chi connectivity index (χ0v) is 8.95. The second kappa shape index (κ2) is 3.72. The zero-order valence-electron chi connectivity index (χ0n) is 8.13. The van der Waals surface area contributed by atoms with Gasteiger partial charge in [0.05, 0.1) is 0 Å². The molecule has 0 radical (unpaired) electrons. The maximum atomic E-state index is 3.43. The first-order chi connectivity index (χ1) is 6.31. The van der Waals surface area contributed by atoms with Crippen LogP contribution < -0.4 is 5.32 Å². The average Bonchev–Trinajstić information content (AvgIpc) is 2.18. The van der Waals surface area contributed by atoms with Gasteiger partial charge in [-0.1, -0.05) is 13.0 Å². The van der Waals surface area contributed by atoms with Crippen molar-refractivity contribution in [1.82, 2.24) is 5.32 Å². The Bertz CT molecular complexity index is 309. The summed E-state index contributed by atoms with van der Waals surface area (Å²) in [5, 5.41) is 3.43. The first-order valence-electron chi connectivity index (χ1n) is 4.69. The number of fused-ring (bicyclic) bond motifs is 1. The van der Waals surface area contributed by atoms with E-state index in [9.17, 15) is 0 Å². The van der Waals surface area contributed by atoms with Crippen molar-refractivity contribution in [3.63, 3.8) is 0 Å². The van der Waals surface area contributed by atoms with Crippen molar-refractivity contribution >= 4 is 11.8 Å². The molecule has 1 aliphatic heterocycles. The van der Waals surface area contributed by atoms with Gasteiger partial charge in [-0.25, -0.2) is 0 Å². The maximum absolute atomic E-state index is 3.43. The van der Waals surface area contributed by atoms with Gasteiger partial charge in [0.25, 0.3) is 0 Å². The summed E-state index contributed by atoms with van der Waals surface area (Å²) in [7, 11) is 0. The van der Waals surface area contributed by atoms with Crippen LogP contribution >= 0.6 is 11.8 Å². The highest BCUT2D eigenvalue weighted by Crippen LogP contribution is 2.27.